The molecule has 0 spiro atoms. The van der Waals surface area contributed by atoms with Crippen LogP contribution >= 0.6 is 15.9 Å². The molecule has 1 aliphatic carbocycles. The second-order valence-corrected chi connectivity index (χ2v) is 6.67. The number of rotatable bonds is 4. The van der Waals surface area contributed by atoms with Crippen molar-refractivity contribution in [1.82, 2.24) is 0 Å². The normalized spacial score (nSPS) is 26.9. The summed E-state index contributed by atoms with van der Waals surface area (Å²) in [6.45, 7) is 4.35. The van der Waals surface area contributed by atoms with Gasteiger partial charge in [-0.2, -0.15) is 0 Å². The molecule has 2 unspecified atom stereocenters. The Hall–Kier alpha value is -0.380. The molecule has 2 atom stereocenters. The van der Waals surface area contributed by atoms with Gasteiger partial charge in [-0.15, -0.1) is 0 Å². The molecular weight excluding hydrogens is 302 g/mol. The standard InChI is InChI=1S/C16H24BrNO/c1-11-7-9-13(10-8-11)19-16(12(2)18)14-5-3-4-6-15(14)17/h3-6,11-13,16H,7-10,18H2,1-2H3. The Bertz CT molecular complexity index is 399. The quantitative estimate of drug-likeness (QED) is 0.888. The Labute approximate surface area is 124 Å². The van der Waals surface area contributed by atoms with Crippen LogP contribution in [0.15, 0.2) is 28.7 Å². The average molecular weight is 326 g/mol. The molecule has 1 aromatic rings. The molecule has 2 rings (SSSR count). The Kier molecular flexibility index (Phi) is 5.43. The number of nitrogens with two attached hydrogens (primary N) is 1. The zero-order chi connectivity index (χ0) is 13.8. The molecule has 0 aliphatic heterocycles. The van der Waals surface area contributed by atoms with E-state index < -0.39 is 0 Å². The van der Waals surface area contributed by atoms with Crippen molar-refractivity contribution < 1.29 is 4.74 Å². The monoisotopic (exact) mass is 325 g/mol. The molecule has 2 nitrogen and oxygen atoms in total. The summed E-state index contributed by atoms with van der Waals surface area (Å²) in [5, 5.41) is 0. The lowest BCUT2D eigenvalue weighted by atomic mass is 9.88. The molecule has 0 saturated heterocycles. The highest BCUT2D eigenvalue weighted by atomic mass is 79.9. The van der Waals surface area contributed by atoms with Gasteiger partial charge in [0.05, 0.1) is 12.2 Å². The number of ether oxygens (including phenoxy) is 1. The predicted octanol–water partition coefficient (Wildman–Crippen LogP) is 4.43. The van der Waals surface area contributed by atoms with Crippen LogP contribution in [0, 0.1) is 5.92 Å². The van der Waals surface area contributed by atoms with E-state index in [0.29, 0.717) is 6.10 Å². The molecule has 1 fully saturated rings. The van der Waals surface area contributed by atoms with E-state index in [-0.39, 0.29) is 12.1 Å². The summed E-state index contributed by atoms with van der Waals surface area (Å²) in [6.07, 6.45) is 5.20. The molecule has 2 N–H and O–H groups in total. The molecule has 106 valence electrons. The van der Waals surface area contributed by atoms with Crippen LogP contribution in [0.3, 0.4) is 0 Å². The van der Waals surface area contributed by atoms with Crippen molar-refractivity contribution in [2.75, 3.05) is 0 Å². The van der Waals surface area contributed by atoms with Crippen molar-refractivity contribution in [2.24, 2.45) is 11.7 Å². The van der Waals surface area contributed by atoms with E-state index in [0.717, 1.165) is 28.8 Å². The summed E-state index contributed by atoms with van der Waals surface area (Å²) in [5.74, 6) is 0.845. The maximum Gasteiger partial charge on any atom is 0.0987 e. The molecule has 1 aromatic carbocycles. The first-order valence-electron chi connectivity index (χ1n) is 7.23. The minimum Gasteiger partial charge on any atom is -0.369 e. The van der Waals surface area contributed by atoms with Crippen LogP contribution in [0.1, 0.15) is 51.2 Å². The molecule has 1 saturated carbocycles. The fraction of sp³-hybridized carbons (Fsp3) is 0.625. The molecule has 0 aromatic heterocycles. The van der Waals surface area contributed by atoms with E-state index in [1.165, 1.54) is 12.8 Å². The molecule has 0 bridgehead atoms. The first kappa shape index (κ1) is 15.0. The smallest absolute Gasteiger partial charge is 0.0987 e. The lowest BCUT2D eigenvalue weighted by Crippen LogP contribution is -2.32. The molecule has 19 heavy (non-hydrogen) atoms. The Morgan fingerprint density at radius 2 is 1.84 bits per heavy atom. The van der Waals surface area contributed by atoms with Crippen molar-refractivity contribution in [3.8, 4) is 0 Å². The number of benzene rings is 1. The average Bonchev–Trinajstić information content (AvgIpc) is 2.39. The highest BCUT2D eigenvalue weighted by molar-refractivity contribution is 9.10. The van der Waals surface area contributed by atoms with Crippen LogP contribution in [-0.2, 0) is 4.74 Å². The molecule has 0 radical (unpaired) electrons. The number of hydrogen-bond donors (Lipinski definition) is 1. The van der Waals surface area contributed by atoms with Gasteiger partial charge in [0.1, 0.15) is 0 Å². The second-order valence-electron chi connectivity index (χ2n) is 5.82. The van der Waals surface area contributed by atoms with Crippen LogP contribution in [0.2, 0.25) is 0 Å². The van der Waals surface area contributed by atoms with Crippen LogP contribution in [0.4, 0.5) is 0 Å². The predicted molar refractivity (Wildman–Crippen MR) is 83.0 cm³/mol. The fourth-order valence-corrected chi connectivity index (χ4v) is 3.27. The zero-order valence-electron chi connectivity index (χ0n) is 11.8. The molecule has 0 heterocycles. The highest BCUT2D eigenvalue weighted by Crippen LogP contribution is 2.33. The summed E-state index contributed by atoms with van der Waals surface area (Å²) >= 11 is 3.60. The lowest BCUT2D eigenvalue weighted by molar-refractivity contribution is -0.0462. The first-order chi connectivity index (χ1) is 9.08. The van der Waals surface area contributed by atoms with Crippen LogP contribution < -0.4 is 5.73 Å². The third kappa shape index (κ3) is 4.04. The van der Waals surface area contributed by atoms with E-state index in [2.05, 4.69) is 35.0 Å². The summed E-state index contributed by atoms with van der Waals surface area (Å²) in [7, 11) is 0. The van der Waals surface area contributed by atoms with Gasteiger partial charge in [0, 0.05) is 10.5 Å². The van der Waals surface area contributed by atoms with Gasteiger partial charge in [-0.3, -0.25) is 0 Å². The molecule has 3 heteroatoms. The maximum absolute atomic E-state index is 6.31. The Morgan fingerprint density at radius 3 is 2.42 bits per heavy atom. The Morgan fingerprint density at radius 1 is 1.21 bits per heavy atom. The van der Waals surface area contributed by atoms with Gasteiger partial charge in [0.25, 0.3) is 0 Å². The van der Waals surface area contributed by atoms with Crippen LogP contribution in [0.5, 0.6) is 0 Å². The topological polar surface area (TPSA) is 35.2 Å². The third-order valence-electron chi connectivity index (χ3n) is 3.99. The largest absolute Gasteiger partial charge is 0.369 e. The van der Waals surface area contributed by atoms with E-state index in [1.807, 2.05) is 19.1 Å². The number of halogens is 1. The van der Waals surface area contributed by atoms with Gasteiger partial charge < -0.3 is 10.5 Å². The van der Waals surface area contributed by atoms with Gasteiger partial charge >= 0.3 is 0 Å². The van der Waals surface area contributed by atoms with Gasteiger partial charge in [-0.1, -0.05) is 41.1 Å². The van der Waals surface area contributed by atoms with E-state index >= 15 is 0 Å². The van der Waals surface area contributed by atoms with Crippen LogP contribution in [0.25, 0.3) is 0 Å². The second kappa shape index (κ2) is 6.87. The van der Waals surface area contributed by atoms with Crippen molar-refractivity contribution in [1.29, 1.82) is 0 Å². The lowest BCUT2D eigenvalue weighted by Gasteiger charge is -2.32. The summed E-state index contributed by atoms with van der Waals surface area (Å²) in [4.78, 5) is 0. The van der Waals surface area contributed by atoms with E-state index in [9.17, 15) is 0 Å². The summed E-state index contributed by atoms with van der Waals surface area (Å²) < 4.78 is 7.40. The van der Waals surface area contributed by atoms with Gasteiger partial charge in [-0.05, 0) is 50.2 Å². The highest BCUT2D eigenvalue weighted by Gasteiger charge is 2.26. The molecule has 0 amide bonds. The zero-order valence-corrected chi connectivity index (χ0v) is 13.4. The van der Waals surface area contributed by atoms with Crippen LogP contribution in [-0.4, -0.2) is 12.1 Å². The summed E-state index contributed by atoms with van der Waals surface area (Å²) in [6, 6.07) is 8.22. The van der Waals surface area contributed by atoms with Crippen molar-refractivity contribution in [3.63, 3.8) is 0 Å². The van der Waals surface area contributed by atoms with Gasteiger partial charge in [0.2, 0.25) is 0 Å². The fourth-order valence-electron chi connectivity index (χ4n) is 2.76. The Balaban J connectivity index is 2.07. The maximum atomic E-state index is 6.31. The minimum atomic E-state index is -0.0195. The van der Waals surface area contributed by atoms with Crippen molar-refractivity contribution in [2.45, 2.75) is 57.8 Å². The van der Waals surface area contributed by atoms with Crippen molar-refractivity contribution >= 4 is 15.9 Å². The third-order valence-corrected chi connectivity index (χ3v) is 4.71. The van der Waals surface area contributed by atoms with E-state index in [1.54, 1.807) is 0 Å². The number of hydrogen-bond acceptors (Lipinski definition) is 2. The summed E-state index contributed by atoms with van der Waals surface area (Å²) in [5.41, 5.74) is 7.30. The van der Waals surface area contributed by atoms with Crippen molar-refractivity contribution in [3.05, 3.63) is 34.3 Å². The van der Waals surface area contributed by atoms with Gasteiger partial charge in [0.15, 0.2) is 0 Å². The minimum absolute atomic E-state index is 0.00181. The first-order valence-corrected chi connectivity index (χ1v) is 8.02. The molecule has 1 aliphatic rings. The van der Waals surface area contributed by atoms with Gasteiger partial charge in [-0.25, -0.2) is 0 Å². The molecular formula is C16H24BrNO. The van der Waals surface area contributed by atoms with E-state index in [4.69, 9.17) is 10.5 Å². The SMILES string of the molecule is CC1CCC(OC(c2ccccc2Br)C(C)N)CC1.